The summed E-state index contributed by atoms with van der Waals surface area (Å²) in [6, 6.07) is 14.5. The first kappa shape index (κ1) is 21.6. The number of amides is 1. The van der Waals surface area contributed by atoms with Crippen LogP contribution in [-0.2, 0) is 0 Å². The summed E-state index contributed by atoms with van der Waals surface area (Å²) in [7, 11) is 4.01. The summed E-state index contributed by atoms with van der Waals surface area (Å²) >= 11 is 0. The second kappa shape index (κ2) is 9.28. The van der Waals surface area contributed by atoms with Crippen molar-refractivity contribution in [1.82, 2.24) is 25.0 Å². The molecule has 0 saturated heterocycles. The number of halogens is 1. The fourth-order valence-electron chi connectivity index (χ4n) is 3.69. The van der Waals surface area contributed by atoms with Gasteiger partial charge in [0.2, 0.25) is 0 Å². The highest BCUT2D eigenvalue weighted by Crippen LogP contribution is 2.32. The number of carbonyl (C=O) groups excluding carboxylic acids is 1. The number of rotatable bonds is 6. The van der Waals surface area contributed by atoms with E-state index >= 15 is 0 Å². The molecule has 2 aromatic carbocycles. The van der Waals surface area contributed by atoms with Crippen molar-refractivity contribution in [2.24, 2.45) is 0 Å². The molecule has 0 bridgehead atoms. The molecular formula is C25H26FN5O. The molecule has 164 valence electrons. The van der Waals surface area contributed by atoms with Crippen LogP contribution in [0.1, 0.15) is 12.0 Å². The maximum atomic E-state index is 13.7. The van der Waals surface area contributed by atoms with Crippen molar-refractivity contribution in [2.45, 2.75) is 13.3 Å². The molecule has 1 N–H and O–H groups in total. The minimum absolute atomic E-state index is 0.236. The molecule has 6 nitrogen and oxygen atoms in total. The van der Waals surface area contributed by atoms with Crippen LogP contribution in [0.25, 0.3) is 33.3 Å². The van der Waals surface area contributed by atoms with Gasteiger partial charge in [-0.15, -0.1) is 0 Å². The minimum Gasteiger partial charge on any atom is -0.336 e. The van der Waals surface area contributed by atoms with Gasteiger partial charge in [0.25, 0.3) is 0 Å². The van der Waals surface area contributed by atoms with Gasteiger partial charge in [0.05, 0.1) is 17.4 Å². The molecular weight excluding hydrogens is 405 g/mol. The quantitative estimate of drug-likeness (QED) is 0.449. The van der Waals surface area contributed by atoms with E-state index in [1.165, 1.54) is 10.7 Å². The van der Waals surface area contributed by atoms with E-state index in [2.05, 4.69) is 20.3 Å². The smallest absolute Gasteiger partial charge is 0.336 e. The molecule has 0 saturated carbocycles. The Morgan fingerprint density at radius 3 is 2.72 bits per heavy atom. The fraction of sp³-hybridized carbons (Fsp3) is 0.240. The Balaban J connectivity index is 1.62. The molecule has 0 aliphatic carbocycles. The standard InChI is InChI=1S/C25H26FN5O/c1-17-14-19(7-9-22(17)26)24-21(6-4-11-27-24)18-8-10-23-20(15-18)16-29-31(23)25(32)28-12-5-13-30(2)3/h4,6-11,14-16H,5,12-13H2,1-3H3,(H,28,32). The molecule has 0 aliphatic heterocycles. The molecule has 4 rings (SSSR count). The van der Waals surface area contributed by atoms with Gasteiger partial charge in [0, 0.05) is 29.3 Å². The maximum Gasteiger partial charge on any atom is 0.342 e. The lowest BCUT2D eigenvalue weighted by atomic mass is 9.97. The van der Waals surface area contributed by atoms with Crippen molar-refractivity contribution < 1.29 is 9.18 Å². The lowest BCUT2D eigenvalue weighted by molar-refractivity contribution is 0.240. The zero-order chi connectivity index (χ0) is 22.7. The van der Waals surface area contributed by atoms with E-state index in [-0.39, 0.29) is 11.8 Å². The third kappa shape index (κ3) is 4.53. The van der Waals surface area contributed by atoms with Crippen LogP contribution < -0.4 is 5.32 Å². The average molecular weight is 432 g/mol. The van der Waals surface area contributed by atoms with Crippen molar-refractivity contribution in [3.63, 3.8) is 0 Å². The summed E-state index contributed by atoms with van der Waals surface area (Å²) in [6.45, 7) is 3.24. The SMILES string of the molecule is Cc1cc(-c2ncccc2-c2ccc3c(cnn3C(=O)NCCCN(C)C)c2)ccc1F. The monoisotopic (exact) mass is 431 g/mol. The molecule has 4 aromatic rings. The molecule has 1 amide bonds. The van der Waals surface area contributed by atoms with E-state index in [0.29, 0.717) is 12.1 Å². The average Bonchev–Trinajstić information content (AvgIpc) is 3.22. The maximum absolute atomic E-state index is 13.7. The van der Waals surface area contributed by atoms with Crippen LogP contribution in [-0.4, -0.2) is 52.9 Å². The Morgan fingerprint density at radius 1 is 1.12 bits per heavy atom. The Kier molecular flexibility index (Phi) is 6.28. The summed E-state index contributed by atoms with van der Waals surface area (Å²) in [5, 5.41) is 8.05. The highest BCUT2D eigenvalue weighted by atomic mass is 19.1. The first-order valence-electron chi connectivity index (χ1n) is 10.6. The number of nitrogens with zero attached hydrogens (tertiary/aromatic N) is 4. The van der Waals surface area contributed by atoms with Crippen LogP contribution in [0, 0.1) is 12.7 Å². The summed E-state index contributed by atoms with van der Waals surface area (Å²) in [6.07, 6.45) is 4.29. The summed E-state index contributed by atoms with van der Waals surface area (Å²) < 4.78 is 15.1. The van der Waals surface area contributed by atoms with Gasteiger partial charge >= 0.3 is 6.03 Å². The molecule has 0 unspecified atom stereocenters. The Labute approximate surface area is 186 Å². The van der Waals surface area contributed by atoms with Crippen LogP contribution in [0.2, 0.25) is 0 Å². The predicted molar refractivity (Wildman–Crippen MR) is 125 cm³/mol. The largest absolute Gasteiger partial charge is 0.342 e. The van der Waals surface area contributed by atoms with E-state index in [1.807, 2.05) is 44.4 Å². The molecule has 0 aliphatic rings. The van der Waals surface area contributed by atoms with Crippen molar-refractivity contribution in [1.29, 1.82) is 0 Å². The number of benzene rings is 2. The van der Waals surface area contributed by atoms with Gasteiger partial charge in [-0.1, -0.05) is 12.1 Å². The normalized spacial score (nSPS) is 11.3. The molecule has 7 heteroatoms. The Morgan fingerprint density at radius 2 is 1.94 bits per heavy atom. The van der Waals surface area contributed by atoms with Gasteiger partial charge < -0.3 is 10.2 Å². The Hall–Kier alpha value is -3.58. The first-order chi connectivity index (χ1) is 15.4. The number of aryl methyl sites for hydroxylation is 1. The van der Waals surface area contributed by atoms with Crippen LogP contribution in [0.15, 0.2) is 60.9 Å². The number of hydrogen-bond donors (Lipinski definition) is 1. The number of aromatic nitrogens is 3. The van der Waals surface area contributed by atoms with Crippen molar-refractivity contribution in [3.05, 3.63) is 72.3 Å². The summed E-state index contributed by atoms with van der Waals surface area (Å²) in [5.41, 5.74) is 4.83. The number of carbonyl (C=O) groups is 1. The van der Waals surface area contributed by atoms with E-state index in [9.17, 15) is 9.18 Å². The molecule has 0 atom stereocenters. The van der Waals surface area contributed by atoms with E-state index in [4.69, 9.17) is 0 Å². The molecule has 0 radical (unpaired) electrons. The molecule has 0 spiro atoms. The number of fused-ring (bicyclic) bond motifs is 1. The second-order valence-corrected chi connectivity index (χ2v) is 8.08. The van der Waals surface area contributed by atoms with Gasteiger partial charge in [-0.2, -0.15) is 9.78 Å². The van der Waals surface area contributed by atoms with Crippen LogP contribution in [0.5, 0.6) is 0 Å². The minimum atomic E-state index is -0.240. The van der Waals surface area contributed by atoms with Crippen molar-refractivity contribution in [2.75, 3.05) is 27.2 Å². The van der Waals surface area contributed by atoms with Crippen LogP contribution in [0.4, 0.5) is 9.18 Å². The lowest BCUT2D eigenvalue weighted by Crippen LogP contribution is -2.31. The van der Waals surface area contributed by atoms with Gasteiger partial charge in [-0.05, 0) is 81.5 Å². The molecule has 32 heavy (non-hydrogen) atoms. The van der Waals surface area contributed by atoms with Gasteiger partial charge in [0.15, 0.2) is 0 Å². The molecule has 2 heterocycles. The van der Waals surface area contributed by atoms with Crippen molar-refractivity contribution >= 4 is 16.9 Å². The van der Waals surface area contributed by atoms with E-state index in [0.717, 1.165) is 46.3 Å². The highest BCUT2D eigenvalue weighted by Gasteiger charge is 2.14. The zero-order valence-corrected chi connectivity index (χ0v) is 18.5. The summed E-state index contributed by atoms with van der Waals surface area (Å²) in [4.78, 5) is 19.2. The number of pyridine rings is 1. The number of nitrogens with one attached hydrogen (secondary N) is 1. The second-order valence-electron chi connectivity index (χ2n) is 8.08. The zero-order valence-electron chi connectivity index (χ0n) is 18.5. The number of hydrogen-bond acceptors (Lipinski definition) is 4. The van der Waals surface area contributed by atoms with Gasteiger partial charge in [0.1, 0.15) is 5.82 Å². The Bertz CT molecular complexity index is 1260. The summed E-state index contributed by atoms with van der Waals surface area (Å²) in [5.74, 6) is -0.236. The lowest BCUT2D eigenvalue weighted by Gasteiger charge is -2.11. The fourth-order valence-corrected chi connectivity index (χ4v) is 3.69. The topological polar surface area (TPSA) is 63.1 Å². The van der Waals surface area contributed by atoms with Gasteiger partial charge in [-0.3, -0.25) is 4.98 Å². The third-order valence-electron chi connectivity index (χ3n) is 5.37. The van der Waals surface area contributed by atoms with E-state index < -0.39 is 0 Å². The van der Waals surface area contributed by atoms with Crippen LogP contribution >= 0.6 is 0 Å². The van der Waals surface area contributed by atoms with Crippen LogP contribution in [0.3, 0.4) is 0 Å². The highest BCUT2D eigenvalue weighted by molar-refractivity contribution is 5.93. The third-order valence-corrected chi connectivity index (χ3v) is 5.37. The first-order valence-corrected chi connectivity index (χ1v) is 10.6. The molecule has 0 fully saturated rings. The van der Waals surface area contributed by atoms with Crippen molar-refractivity contribution in [3.8, 4) is 22.4 Å². The predicted octanol–water partition coefficient (Wildman–Crippen LogP) is 4.72. The van der Waals surface area contributed by atoms with Gasteiger partial charge in [-0.25, -0.2) is 9.18 Å². The van der Waals surface area contributed by atoms with E-state index in [1.54, 1.807) is 31.5 Å². The molecule has 2 aromatic heterocycles.